The molecule has 4 aromatic rings. The Balaban J connectivity index is 1.58. The highest BCUT2D eigenvalue weighted by Gasteiger charge is 2.14. The van der Waals surface area contributed by atoms with Crippen LogP contribution in [0.15, 0.2) is 72.8 Å². The van der Waals surface area contributed by atoms with Crippen LogP contribution in [0.5, 0.6) is 11.5 Å². The summed E-state index contributed by atoms with van der Waals surface area (Å²) in [6.07, 6.45) is 10.7. The Hall–Kier alpha value is -5.24. The van der Waals surface area contributed by atoms with Crippen LogP contribution in [0, 0.1) is 20.2 Å². The summed E-state index contributed by atoms with van der Waals surface area (Å²) in [5.41, 5.74) is 7.17. The quantitative estimate of drug-likeness (QED) is 0.0870. The molecule has 0 saturated carbocycles. The number of hydrogen-bond donors (Lipinski definition) is 0. The number of hydrogen-bond acceptors (Lipinski definition) is 6. The molecule has 0 aliphatic heterocycles. The molecule has 4 aromatic carbocycles. The maximum Gasteiger partial charge on any atom is 0.272 e. The van der Waals surface area contributed by atoms with Crippen molar-refractivity contribution in [3.05, 3.63) is 126 Å². The zero-order valence-electron chi connectivity index (χ0n) is 25.4. The van der Waals surface area contributed by atoms with Crippen LogP contribution in [-0.2, 0) is 12.8 Å². The van der Waals surface area contributed by atoms with Crippen LogP contribution in [0.4, 0.5) is 11.4 Å². The number of benzene rings is 4. The van der Waals surface area contributed by atoms with Crippen molar-refractivity contribution in [2.24, 2.45) is 0 Å². The van der Waals surface area contributed by atoms with Crippen LogP contribution < -0.4 is 9.47 Å². The first kappa shape index (κ1) is 31.7. The molecule has 0 atom stereocenters. The zero-order valence-corrected chi connectivity index (χ0v) is 25.4. The van der Waals surface area contributed by atoms with Crippen molar-refractivity contribution < 1.29 is 19.3 Å². The summed E-state index contributed by atoms with van der Waals surface area (Å²) in [6, 6.07) is 22.3. The maximum absolute atomic E-state index is 11.4. The second kappa shape index (κ2) is 14.8. The molecule has 0 N–H and O–H groups in total. The van der Waals surface area contributed by atoms with E-state index in [9.17, 15) is 20.2 Å². The van der Waals surface area contributed by atoms with Crippen LogP contribution in [0.25, 0.3) is 35.4 Å². The number of nitro benzene ring substituents is 2. The molecular formula is C36H36N2O6. The highest BCUT2D eigenvalue weighted by molar-refractivity contribution is 5.79. The Morgan fingerprint density at radius 2 is 1.00 bits per heavy atom. The number of nitro groups is 2. The second-order valence-corrected chi connectivity index (χ2v) is 10.4. The van der Waals surface area contributed by atoms with Gasteiger partial charge in [-0.15, -0.1) is 0 Å². The molecule has 0 heterocycles. The van der Waals surface area contributed by atoms with E-state index in [2.05, 4.69) is 0 Å². The fourth-order valence-corrected chi connectivity index (χ4v) is 5.14. The minimum Gasteiger partial charge on any atom is -0.496 e. The van der Waals surface area contributed by atoms with Gasteiger partial charge in [-0.1, -0.05) is 75.3 Å². The Bertz CT molecular complexity index is 1600. The normalized spacial score (nSPS) is 11.3. The summed E-state index contributed by atoms with van der Waals surface area (Å²) in [7, 11) is 3.25. The molecule has 0 unspecified atom stereocenters. The van der Waals surface area contributed by atoms with Crippen molar-refractivity contribution in [1.82, 2.24) is 0 Å². The lowest BCUT2D eigenvalue weighted by Crippen LogP contribution is -1.95. The first-order valence-electron chi connectivity index (χ1n) is 14.5. The average molecular weight is 593 g/mol. The number of aryl methyl sites for hydroxylation is 2. The molecule has 0 bridgehead atoms. The van der Waals surface area contributed by atoms with Crippen molar-refractivity contribution in [3.8, 4) is 22.6 Å². The van der Waals surface area contributed by atoms with Crippen molar-refractivity contribution >= 4 is 35.7 Å². The van der Waals surface area contributed by atoms with Gasteiger partial charge in [-0.05, 0) is 71.5 Å². The largest absolute Gasteiger partial charge is 0.496 e. The molecule has 0 aromatic heterocycles. The van der Waals surface area contributed by atoms with Gasteiger partial charge in [0.2, 0.25) is 0 Å². The molecule has 4 rings (SSSR count). The molecule has 8 nitrogen and oxygen atoms in total. The number of methoxy groups -OCH3 is 2. The van der Waals surface area contributed by atoms with Crippen molar-refractivity contribution in [2.75, 3.05) is 14.2 Å². The number of nitrogens with zero attached hydrogens (tertiary/aromatic N) is 2. The minimum absolute atomic E-state index is 0.148. The number of rotatable bonds is 13. The summed E-state index contributed by atoms with van der Waals surface area (Å²) in [5, 5.41) is 22.7. The molecule has 0 amide bonds. The SMILES string of the molecule is CCCc1cc(C=Cc2ccc(-c3ccc(C=Cc4ccc([N+](=O)[O-])c(CCC)c4)c(OC)c3)cc2OC)ccc1[N+](=O)[O-]. The Kier molecular flexibility index (Phi) is 10.6. The molecule has 44 heavy (non-hydrogen) atoms. The lowest BCUT2D eigenvalue weighted by Gasteiger charge is -2.11. The van der Waals surface area contributed by atoms with Gasteiger partial charge in [0.25, 0.3) is 11.4 Å². The van der Waals surface area contributed by atoms with Crippen molar-refractivity contribution in [1.29, 1.82) is 0 Å². The average Bonchev–Trinajstić information content (AvgIpc) is 3.02. The molecule has 8 heteroatoms. The van der Waals surface area contributed by atoms with Gasteiger partial charge < -0.3 is 9.47 Å². The Morgan fingerprint density at radius 3 is 1.34 bits per heavy atom. The summed E-state index contributed by atoms with van der Waals surface area (Å²) in [4.78, 5) is 22.1. The van der Waals surface area contributed by atoms with Gasteiger partial charge >= 0.3 is 0 Å². The van der Waals surface area contributed by atoms with E-state index < -0.39 is 0 Å². The number of ether oxygens (including phenoxy) is 2. The van der Waals surface area contributed by atoms with Crippen LogP contribution in [0.2, 0.25) is 0 Å². The smallest absolute Gasteiger partial charge is 0.272 e. The van der Waals surface area contributed by atoms with E-state index in [0.717, 1.165) is 57.3 Å². The Morgan fingerprint density at radius 1 is 0.591 bits per heavy atom. The van der Waals surface area contributed by atoms with Crippen molar-refractivity contribution in [3.63, 3.8) is 0 Å². The van der Waals surface area contributed by atoms with Gasteiger partial charge in [0.05, 0.1) is 24.1 Å². The predicted molar refractivity (Wildman–Crippen MR) is 177 cm³/mol. The van der Waals surface area contributed by atoms with E-state index in [1.807, 2.05) is 86.7 Å². The fourth-order valence-electron chi connectivity index (χ4n) is 5.14. The van der Waals surface area contributed by atoms with Crippen LogP contribution in [-0.4, -0.2) is 24.1 Å². The maximum atomic E-state index is 11.4. The third kappa shape index (κ3) is 7.58. The van der Waals surface area contributed by atoms with E-state index in [0.29, 0.717) is 24.3 Å². The minimum atomic E-state index is -0.333. The molecule has 226 valence electrons. The van der Waals surface area contributed by atoms with E-state index in [-0.39, 0.29) is 21.2 Å². The highest BCUT2D eigenvalue weighted by Crippen LogP contribution is 2.33. The molecule has 0 saturated heterocycles. The lowest BCUT2D eigenvalue weighted by atomic mass is 9.99. The van der Waals surface area contributed by atoms with Crippen LogP contribution in [0.1, 0.15) is 60.1 Å². The molecule has 0 aliphatic rings. The van der Waals surface area contributed by atoms with Gasteiger partial charge in [0.15, 0.2) is 0 Å². The van der Waals surface area contributed by atoms with Gasteiger partial charge in [-0.2, -0.15) is 0 Å². The summed E-state index contributed by atoms with van der Waals surface area (Å²) >= 11 is 0. The van der Waals surface area contributed by atoms with Gasteiger partial charge in [0.1, 0.15) is 11.5 Å². The highest BCUT2D eigenvalue weighted by atomic mass is 16.6. The summed E-state index contributed by atoms with van der Waals surface area (Å²) in [5.74, 6) is 1.39. The van der Waals surface area contributed by atoms with Gasteiger partial charge in [0, 0.05) is 34.4 Å². The molecule has 0 spiro atoms. The molecular weight excluding hydrogens is 556 g/mol. The Labute approximate surface area is 257 Å². The molecule has 0 fully saturated rings. The van der Waals surface area contributed by atoms with Crippen LogP contribution >= 0.6 is 0 Å². The standard InChI is InChI=1S/C36H36N2O6/c1-5-7-31-21-25(11-19-33(31)37(39)40)9-13-27-15-17-29(23-35(27)43-3)30-18-16-28(36(24-30)44-4)14-10-26-12-20-34(38(41)42)32(22-26)8-6-2/h9-24H,5-8H2,1-4H3. The van der Waals surface area contributed by atoms with Crippen LogP contribution in [0.3, 0.4) is 0 Å². The third-order valence-electron chi connectivity index (χ3n) is 7.35. The fraction of sp³-hybridized carbons (Fsp3) is 0.222. The lowest BCUT2D eigenvalue weighted by molar-refractivity contribution is -0.385. The molecule has 0 radical (unpaired) electrons. The first-order valence-corrected chi connectivity index (χ1v) is 14.5. The van der Waals surface area contributed by atoms with Gasteiger partial charge in [-0.25, -0.2) is 0 Å². The van der Waals surface area contributed by atoms with Crippen molar-refractivity contribution in [2.45, 2.75) is 39.5 Å². The monoisotopic (exact) mass is 592 g/mol. The second-order valence-electron chi connectivity index (χ2n) is 10.4. The van der Waals surface area contributed by atoms with Gasteiger partial charge in [-0.3, -0.25) is 20.2 Å². The third-order valence-corrected chi connectivity index (χ3v) is 7.35. The van der Waals surface area contributed by atoms with E-state index in [1.54, 1.807) is 38.5 Å². The summed E-state index contributed by atoms with van der Waals surface area (Å²) in [6.45, 7) is 4.01. The molecule has 0 aliphatic carbocycles. The zero-order chi connectivity index (χ0) is 31.6. The van der Waals surface area contributed by atoms with E-state index >= 15 is 0 Å². The van der Waals surface area contributed by atoms with E-state index in [1.165, 1.54) is 0 Å². The van der Waals surface area contributed by atoms with E-state index in [4.69, 9.17) is 9.47 Å². The first-order chi connectivity index (χ1) is 21.3. The summed E-state index contributed by atoms with van der Waals surface area (Å²) < 4.78 is 11.4. The predicted octanol–water partition coefficient (Wildman–Crippen LogP) is 9.43. The topological polar surface area (TPSA) is 105 Å².